The van der Waals surface area contributed by atoms with Gasteiger partial charge in [-0.1, -0.05) is 24.3 Å². The zero-order chi connectivity index (χ0) is 21.2. The lowest BCUT2D eigenvalue weighted by Gasteiger charge is -2.32. The molecule has 5 heteroatoms. The van der Waals surface area contributed by atoms with Gasteiger partial charge < -0.3 is 24.7 Å². The third-order valence-electron chi connectivity index (χ3n) is 5.15. The van der Waals surface area contributed by atoms with Crippen LogP contribution in [0.3, 0.4) is 0 Å². The Kier molecular flexibility index (Phi) is 5.71. The van der Waals surface area contributed by atoms with Crippen molar-refractivity contribution in [3.05, 3.63) is 83.4 Å². The number of aromatic hydroxyl groups is 1. The molecule has 0 atom stereocenters. The summed E-state index contributed by atoms with van der Waals surface area (Å²) in [6.07, 6.45) is 0. The largest absolute Gasteiger partial charge is 0.508 e. The highest BCUT2D eigenvalue weighted by molar-refractivity contribution is 5.60. The van der Waals surface area contributed by atoms with Gasteiger partial charge in [-0.25, -0.2) is 0 Å². The van der Waals surface area contributed by atoms with Crippen LogP contribution in [-0.4, -0.2) is 45.5 Å². The lowest BCUT2D eigenvalue weighted by Crippen LogP contribution is -2.29. The summed E-state index contributed by atoms with van der Waals surface area (Å²) >= 11 is 0. The molecule has 0 unspecified atom stereocenters. The smallest absolute Gasteiger partial charge is 0.144 e. The van der Waals surface area contributed by atoms with Crippen LogP contribution < -0.4 is 14.5 Å². The average molecular weight is 392 g/mol. The predicted octanol–water partition coefficient (Wildman–Crippen LogP) is 3.82. The second-order valence-corrected chi connectivity index (χ2v) is 7.48. The van der Waals surface area contributed by atoms with Crippen molar-refractivity contribution in [3.8, 4) is 11.5 Å². The quantitative estimate of drug-likeness (QED) is 0.625. The number of phenols is 1. The van der Waals surface area contributed by atoms with Crippen LogP contribution in [0.15, 0.2) is 66.7 Å². The third-order valence-corrected chi connectivity index (χ3v) is 5.15. The Morgan fingerprint density at radius 2 is 1.28 bits per heavy atom. The highest BCUT2D eigenvalue weighted by Crippen LogP contribution is 2.43. The van der Waals surface area contributed by atoms with E-state index in [9.17, 15) is 10.2 Å². The van der Waals surface area contributed by atoms with Gasteiger partial charge in [0.25, 0.3) is 0 Å². The van der Waals surface area contributed by atoms with Gasteiger partial charge in [-0.3, -0.25) is 0 Å². The molecule has 0 amide bonds. The first-order chi connectivity index (χ1) is 13.8. The highest BCUT2D eigenvalue weighted by atomic mass is 16.5. The molecular formula is C24H28N2O3. The first-order valence-corrected chi connectivity index (χ1v) is 9.43. The Bertz CT molecular complexity index is 947. The van der Waals surface area contributed by atoms with E-state index in [-0.39, 0.29) is 5.75 Å². The molecular weight excluding hydrogens is 364 g/mol. The molecule has 0 heterocycles. The van der Waals surface area contributed by atoms with E-state index in [1.54, 1.807) is 25.3 Å². The Morgan fingerprint density at radius 3 is 1.72 bits per heavy atom. The van der Waals surface area contributed by atoms with Crippen LogP contribution in [0.25, 0.3) is 0 Å². The van der Waals surface area contributed by atoms with E-state index in [1.165, 1.54) is 0 Å². The van der Waals surface area contributed by atoms with Crippen molar-refractivity contribution >= 4 is 11.4 Å². The van der Waals surface area contributed by atoms with E-state index in [4.69, 9.17) is 4.74 Å². The van der Waals surface area contributed by atoms with Crippen LogP contribution in [0.1, 0.15) is 16.7 Å². The lowest BCUT2D eigenvalue weighted by molar-refractivity contribution is 0.122. The molecule has 0 aliphatic heterocycles. The molecule has 3 aromatic carbocycles. The van der Waals surface area contributed by atoms with E-state index in [1.807, 2.05) is 86.5 Å². The van der Waals surface area contributed by atoms with Gasteiger partial charge in [0.2, 0.25) is 0 Å². The topological polar surface area (TPSA) is 56.2 Å². The van der Waals surface area contributed by atoms with Crippen LogP contribution in [0.4, 0.5) is 11.4 Å². The number of methoxy groups -OCH3 is 1. The van der Waals surface area contributed by atoms with E-state index >= 15 is 0 Å². The minimum atomic E-state index is -1.57. The fourth-order valence-corrected chi connectivity index (χ4v) is 3.43. The summed E-state index contributed by atoms with van der Waals surface area (Å²) < 4.78 is 5.36. The zero-order valence-electron chi connectivity index (χ0n) is 17.5. The first kappa shape index (κ1) is 20.6. The molecule has 152 valence electrons. The fourth-order valence-electron chi connectivity index (χ4n) is 3.43. The maximum atomic E-state index is 12.2. The number of ether oxygens (including phenoxy) is 1. The van der Waals surface area contributed by atoms with Crippen LogP contribution in [0, 0.1) is 0 Å². The number of aliphatic hydroxyl groups is 1. The minimum absolute atomic E-state index is 0.00110. The molecule has 29 heavy (non-hydrogen) atoms. The zero-order valence-corrected chi connectivity index (χ0v) is 17.5. The number of rotatable bonds is 6. The molecule has 0 spiro atoms. The normalized spacial score (nSPS) is 11.2. The predicted molar refractivity (Wildman–Crippen MR) is 118 cm³/mol. The summed E-state index contributed by atoms with van der Waals surface area (Å²) in [7, 11) is 9.37. The molecule has 0 bridgehead atoms. The summed E-state index contributed by atoms with van der Waals surface area (Å²) in [5.41, 5.74) is 2.01. The summed E-state index contributed by atoms with van der Waals surface area (Å²) in [4.78, 5) is 3.96. The van der Waals surface area contributed by atoms with Crippen LogP contribution >= 0.6 is 0 Å². The molecule has 2 N–H and O–H groups in total. The average Bonchev–Trinajstić information content (AvgIpc) is 2.73. The first-order valence-electron chi connectivity index (χ1n) is 9.43. The maximum Gasteiger partial charge on any atom is 0.144 e. The second kappa shape index (κ2) is 8.05. The van der Waals surface area contributed by atoms with E-state index in [2.05, 4.69) is 0 Å². The number of phenolic OH excluding ortho intramolecular Hbond substituents is 1. The summed E-state index contributed by atoms with van der Waals surface area (Å²) in [5, 5.41) is 22.9. The highest BCUT2D eigenvalue weighted by Gasteiger charge is 2.37. The van der Waals surface area contributed by atoms with Gasteiger partial charge in [0, 0.05) is 45.1 Å². The lowest BCUT2D eigenvalue weighted by atomic mass is 9.79. The molecule has 5 nitrogen and oxygen atoms in total. The maximum absolute atomic E-state index is 12.2. The van der Waals surface area contributed by atoms with Crippen molar-refractivity contribution < 1.29 is 14.9 Å². The van der Waals surface area contributed by atoms with E-state index < -0.39 is 5.60 Å². The van der Waals surface area contributed by atoms with Gasteiger partial charge in [-0.15, -0.1) is 0 Å². The van der Waals surface area contributed by atoms with Crippen molar-refractivity contribution in [2.24, 2.45) is 0 Å². The molecule has 0 radical (unpaired) electrons. The number of hydrogen-bond acceptors (Lipinski definition) is 5. The molecule has 0 aliphatic carbocycles. The Labute approximate surface area is 172 Å². The van der Waals surface area contributed by atoms with Crippen molar-refractivity contribution in [1.82, 2.24) is 0 Å². The van der Waals surface area contributed by atoms with Gasteiger partial charge in [-0.2, -0.15) is 0 Å². The number of anilines is 2. The SMILES string of the molecule is COc1ccc(O)c(C(O)(c2cccc(N(C)C)c2)c2cccc(N(C)C)c2)c1. The van der Waals surface area contributed by atoms with Crippen molar-refractivity contribution in [2.45, 2.75) is 5.60 Å². The number of benzene rings is 3. The second-order valence-electron chi connectivity index (χ2n) is 7.48. The van der Waals surface area contributed by atoms with E-state index in [0.29, 0.717) is 22.4 Å². The standard InChI is InChI=1S/C24H28N2O3/c1-25(2)19-10-6-8-17(14-19)24(28,18-9-7-11-20(15-18)26(3)4)22-16-21(29-5)12-13-23(22)27/h6-16,27-28H,1-5H3. The van der Waals surface area contributed by atoms with E-state index in [0.717, 1.165) is 11.4 Å². The number of nitrogens with zero attached hydrogens (tertiary/aromatic N) is 2. The fraction of sp³-hybridized carbons (Fsp3) is 0.250. The molecule has 0 aliphatic rings. The Morgan fingerprint density at radius 1 is 0.759 bits per heavy atom. The van der Waals surface area contributed by atoms with Crippen molar-refractivity contribution in [1.29, 1.82) is 0 Å². The minimum Gasteiger partial charge on any atom is -0.508 e. The molecule has 0 saturated carbocycles. The van der Waals surface area contributed by atoms with Crippen LogP contribution in [0.2, 0.25) is 0 Å². The van der Waals surface area contributed by atoms with Crippen LogP contribution in [-0.2, 0) is 5.60 Å². The van der Waals surface area contributed by atoms with Crippen molar-refractivity contribution in [3.63, 3.8) is 0 Å². The molecule has 0 aromatic heterocycles. The molecule has 3 rings (SSSR count). The summed E-state index contributed by atoms with van der Waals surface area (Å²) in [5.74, 6) is 0.558. The molecule has 0 fully saturated rings. The molecule has 0 saturated heterocycles. The third kappa shape index (κ3) is 3.87. The van der Waals surface area contributed by atoms with Crippen molar-refractivity contribution in [2.75, 3.05) is 45.1 Å². The summed E-state index contributed by atoms with van der Waals surface area (Å²) in [6, 6.07) is 20.3. The van der Waals surface area contributed by atoms with Crippen LogP contribution in [0.5, 0.6) is 11.5 Å². The van der Waals surface area contributed by atoms with Gasteiger partial charge >= 0.3 is 0 Å². The Hall–Kier alpha value is -3.18. The van der Waals surface area contributed by atoms with Gasteiger partial charge in [0.05, 0.1) is 7.11 Å². The Balaban J connectivity index is 2.33. The molecule has 3 aromatic rings. The number of hydrogen-bond donors (Lipinski definition) is 2. The van der Waals surface area contributed by atoms with Gasteiger partial charge in [0.1, 0.15) is 17.1 Å². The van der Waals surface area contributed by atoms with Gasteiger partial charge in [0.15, 0.2) is 0 Å². The summed E-state index contributed by atoms with van der Waals surface area (Å²) in [6.45, 7) is 0. The van der Waals surface area contributed by atoms with Gasteiger partial charge in [-0.05, 0) is 53.6 Å². The monoisotopic (exact) mass is 392 g/mol.